The molecule has 0 spiro atoms. The van der Waals surface area contributed by atoms with E-state index in [-0.39, 0.29) is 30.4 Å². The number of halogens is 1. The van der Waals surface area contributed by atoms with Crippen molar-refractivity contribution in [2.75, 3.05) is 44.7 Å². The molecule has 0 unspecified atom stereocenters. The van der Waals surface area contributed by atoms with Crippen LogP contribution in [-0.2, 0) is 14.3 Å². The van der Waals surface area contributed by atoms with Gasteiger partial charge in [-0.1, -0.05) is 0 Å². The summed E-state index contributed by atoms with van der Waals surface area (Å²) >= 11 is 0. The SMILES string of the molecule is Cc1cc(F)cc(NC(=O)/C(OCC2(COC(=O)NC(C)C)CC2)=C(\C=[NH2+])N2CC[NH2+]CC2)c1. The summed E-state index contributed by atoms with van der Waals surface area (Å²) in [5, 5.41) is 13.6. The van der Waals surface area contributed by atoms with Crippen molar-refractivity contribution >= 4 is 23.9 Å². The molecule has 0 aromatic heterocycles. The van der Waals surface area contributed by atoms with Crippen molar-refractivity contribution in [3.8, 4) is 0 Å². The van der Waals surface area contributed by atoms with Gasteiger partial charge in [0.05, 0.1) is 32.8 Å². The van der Waals surface area contributed by atoms with Crippen molar-refractivity contribution in [3.63, 3.8) is 0 Å². The van der Waals surface area contributed by atoms with Crippen molar-refractivity contribution in [2.24, 2.45) is 5.41 Å². The van der Waals surface area contributed by atoms with E-state index in [0.717, 1.165) is 25.9 Å². The second-order valence-corrected chi connectivity index (χ2v) is 9.37. The smallest absolute Gasteiger partial charge is 0.407 e. The van der Waals surface area contributed by atoms with Gasteiger partial charge in [0.2, 0.25) is 5.76 Å². The van der Waals surface area contributed by atoms with E-state index in [4.69, 9.17) is 14.9 Å². The maximum absolute atomic E-state index is 13.9. The lowest BCUT2D eigenvalue weighted by Crippen LogP contribution is -2.89. The molecule has 2 fully saturated rings. The molecule has 1 saturated carbocycles. The molecule has 3 rings (SSSR count). The van der Waals surface area contributed by atoms with E-state index < -0.39 is 17.8 Å². The number of alkyl carbamates (subject to hydrolysis) is 1. The topological polar surface area (TPSA) is 122 Å². The first-order valence-corrected chi connectivity index (χ1v) is 11.7. The number of hydrogen-bond acceptors (Lipinski definition) is 5. The van der Waals surface area contributed by atoms with Crippen LogP contribution >= 0.6 is 0 Å². The van der Waals surface area contributed by atoms with E-state index in [1.54, 1.807) is 13.0 Å². The minimum absolute atomic E-state index is 0.0203. The second kappa shape index (κ2) is 11.3. The van der Waals surface area contributed by atoms with Crippen molar-refractivity contribution in [2.45, 2.75) is 39.7 Å². The van der Waals surface area contributed by atoms with E-state index in [9.17, 15) is 14.0 Å². The van der Waals surface area contributed by atoms with Crippen molar-refractivity contribution in [1.29, 1.82) is 0 Å². The predicted octanol–water partition coefficient (Wildman–Crippen LogP) is -0.0755. The Bertz CT molecular complexity index is 919. The molecule has 0 bridgehead atoms. The number of allylic oxidation sites excluding steroid dienone is 1. The van der Waals surface area contributed by atoms with Crippen LogP contribution in [0.5, 0.6) is 0 Å². The van der Waals surface area contributed by atoms with Crippen LogP contribution in [0.25, 0.3) is 0 Å². The van der Waals surface area contributed by atoms with Gasteiger partial charge in [0.15, 0.2) is 6.21 Å². The highest BCUT2D eigenvalue weighted by molar-refractivity contribution is 6.05. The number of piperazine rings is 1. The number of carbonyl (C=O) groups is 2. The Labute approximate surface area is 199 Å². The van der Waals surface area contributed by atoms with Gasteiger partial charge in [-0.05, 0) is 57.4 Å². The van der Waals surface area contributed by atoms with Crippen LogP contribution in [0.3, 0.4) is 0 Å². The Morgan fingerprint density at radius 1 is 1.21 bits per heavy atom. The van der Waals surface area contributed by atoms with Crippen LogP contribution in [0.4, 0.5) is 14.9 Å². The molecule has 2 amide bonds. The van der Waals surface area contributed by atoms with Crippen LogP contribution in [0.1, 0.15) is 32.3 Å². The van der Waals surface area contributed by atoms with Gasteiger partial charge in [0, 0.05) is 17.1 Å². The molecule has 9 nitrogen and oxygen atoms in total. The number of nitrogens with zero attached hydrogens (tertiary/aromatic N) is 1. The number of ether oxygens (including phenoxy) is 2. The highest BCUT2D eigenvalue weighted by Gasteiger charge is 2.46. The van der Waals surface area contributed by atoms with Gasteiger partial charge in [0.25, 0.3) is 5.91 Å². The highest BCUT2D eigenvalue weighted by atomic mass is 19.1. The summed E-state index contributed by atoms with van der Waals surface area (Å²) in [6, 6.07) is 4.31. The van der Waals surface area contributed by atoms with Crippen LogP contribution in [0.2, 0.25) is 0 Å². The largest absolute Gasteiger partial charge is 0.485 e. The number of nitrogens with two attached hydrogens (primary N) is 2. The van der Waals surface area contributed by atoms with E-state index in [0.29, 0.717) is 30.0 Å². The highest BCUT2D eigenvalue weighted by Crippen LogP contribution is 2.46. The molecule has 2 aliphatic rings. The van der Waals surface area contributed by atoms with Gasteiger partial charge in [-0.2, -0.15) is 0 Å². The first-order valence-electron chi connectivity index (χ1n) is 11.7. The lowest BCUT2D eigenvalue weighted by molar-refractivity contribution is -0.662. The number of carbonyl (C=O) groups excluding carboxylic acids is 2. The first-order chi connectivity index (χ1) is 16.2. The van der Waals surface area contributed by atoms with Gasteiger partial charge in [-0.25, -0.2) is 9.18 Å². The average Bonchev–Trinajstić information content (AvgIpc) is 3.55. The van der Waals surface area contributed by atoms with E-state index in [2.05, 4.69) is 16.0 Å². The fraction of sp³-hybridized carbons (Fsp3) is 0.542. The van der Waals surface area contributed by atoms with Gasteiger partial charge in [0.1, 0.15) is 18.1 Å². The maximum atomic E-state index is 13.9. The zero-order valence-electron chi connectivity index (χ0n) is 20.2. The summed E-state index contributed by atoms with van der Waals surface area (Å²) in [6.07, 6.45) is 2.54. The summed E-state index contributed by atoms with van der Waals surface area (Å²) in [4.78, 5) is 27.2. The molecular weight excluding hydrogens is 441 g/mol. The molecule has 1 aromatic rings. The van der Waals surface area contributed by atoms with Crippen molar-refractivity contribution < 1.29 is 34.2 Å². The molecule has 1 heterocycles. The molecule has 34 heavy (non-hydrogen) atoms. The number of benzene rings is 1. The molecule has 1 aromatic carbocycles. The third-order valence-corrected chi connectivity index (χ3v) is 5.84. The Morgan fingerprint density at radius 2 is 1.88 bits per heavy atom. The number of nitrogens with one attached hydrogen (secondary N) is 2. The van der Waals surface area contributed by atoms with Gasteiger partial charge < -0.3 is 30.3 Å². The fourth-order valence-corrected chi connectivity index (χ4v) is 3.80. The number of hydrogen-bond donors (Lipinski definition) is 4. The zero-order chi connectivity index (χ0) is 24.7. The Morgan fingerprint density at radius 3 is 2.47 bits per heavy atom. The molecule has 1 saturated heterocycles. The molecule has 10 heteroatoms. The number of amides is 2. The molecule has 0 radical (unpaired) electrons. The fourth-order valence-electron chi connectivity index (χ4n) is 3.80. The van der Waals surface area contributed by atoms with E-state index in [1.807, 2.05) is 18.7 Å². The Hall–Kier alpha value is -3.14. The average molecular weight is 478 g/mol. The van der Waals surface area contributed by atoms with Crippen molar-refractivity contribution in [1.82, 2.24) is 10.2 Å². The number of anilines is 1. The number of aryl methyl sites for hydroxylation is 1. The van der Waals surface area contributed by atoms with Crippen LogP contribution in [0.15, 0.2) is 29.7 Å². The first kappa shape index (κ1) is 25.5. The van der Waals surface area contributed by atoms with Crippen molar-refractivity contribution in [3.05, 3.63) is 41.0 Å². The quantitative estimate of drug-likeness (QED) is 0.213. The second-order valence-electron chi connectivity index (χ2n) is 9.37. The summed E-state index contributed by atoms with van der Waals surface area (Å²) < 4.78 is 25.3. The van der Waals surface area contributed by atoms with E-state index >= 15 is 0 Å². The van der Waals surface area contributed by atoms with Gasteiger partial charge in [-0.3, -0.25) is 10.2 Å². The minimum Gasteiger partial charge on any atom is -0.485 e. The minimum atomic E-state index is -0.509. The lowest BCUT2D eigenvalue weighted by Gasteiger charge is -2.28. The number of quaternary nitrogens is 1. The van der Waals surface area contributed by atoms with E-state index in [1.165, 1.54) is 18.3 Å². The Kier molecular flexibility index (Phi) is 8.49. The summed E-state index contributed by atoms with van der Waals surface area (Å²) in [6.45, 7) is 9.04. The number of rotatable bonds is 10. The van der Waals surface area contributed by atoms with Gasteiger partial charge >= 0.3 is 6.09 Å². The zero-order valence-corrected chi connectivity index (χ0v) is 20.2. The molecule has 0 atom stereocenters. The monoisotopic (exact) mass is 477 g/mol. The molecule has 1 aliphatic heterocycles. The van der Waals surface area contributed by atoms with Gasteiger partial charge in [-0.15, -0.1) is 0 Å². The lowest BCUT2D eigenvalue weighted by atomic mass is 10.1. The third-order valence-electron chi connectivity index (χ3n) is 5.84. The summed E-state index contributed by atoms with van der Waals surface area (Å²) in [5.74, 6) is -0.873. The summed E-state index contributed by atoms with van der Waals surface area (Å²) in [5.41, 5.74) is 1.17. The van der Waals surface area contributed by atoms with Crippen LogP contribution in [-0.4, -0.2) is 68.5 Å². The standard InChI is InChI=1S/C24H34FN5O4/c1-16(2)28-23(32)34-15-24(4-5-24)14-33-21(20(13-26)30-8-6-27-7-9-30)22(31)29-19-11-17(3)10-18(25)12-19/h10-13,16,26-27H,4-9,14-15H2,1-3H3,(H,28,32)(H,29,31)/p+2/b21-20-,26-13?. The molecule has 6 N–H and O–H groups in total. The maximum Gasteiger partial charge on any atom is 0.407 e. The predicted molar refractivity (Wildman–Crippen MR) is 125 cm³/mol. The Balaban J connectivity index is 1.76. The summed E-state index contributed by atoms with van der Waals surface area (Å²) in [7, 11) is 0. The van der Waals surface area contributed by atoms with Crippen LogP contribution in [0, 0.1) is 18.2 Å². The normalized spacial score (nSPS) is 17.5. The molecule has 186 valence electrons. The molecule has 1 aliphatic carbocycles. The van der Waals surface area contributed by atoms with Crippen LogP contribution < -0.4 is 21.4 Å². The third kappa shape index (κ3) is 7.18. The molecular formula is C24H36FN5O4+2.